The van der Waals surface area contributed by atoms with Gasteiger partial charge in [-0.2, -0.15) is 0 Å². The highest BCUT2D eigenvalue weighted by molar-refractivity contribution is 7.80. The van der Waals surface area contributed by atoms with Crippen LogP contribution in [0.4, 0.5) is 5.69 Å². The molecule has 0 radical (unpaired) electrons. The molecule has 3 aromatic carbocycles. The quantitative estimate of drug-likeness (QED) is 0.147. The Morgan fingerprint density at radius 1 is 0.897 bits per heavy atom. The first-order chi connectivity index (χ1) is 18.6. The van der Waals surface area contributed by atoms with Gasteiger partial charge in [0.2, 0.25) is 0 Å². The van der Waals surface area contributed by atoms with Gasteiger partial charge < -0.3 is 0 Å². The highest BCUT2D eigenvalue weighted by atomic mass is 32.9. The molecule has 1 atom stereocenters. The van der Waals surface area contributed by atoms with Gasteiger partial charge in [-0.25, -0.2) is 0 Å². The smallest absolute Gasteiger partial charge is 0.262 e. The van der Waals surface area contributed by atoms with E-state index in [1.807, 2.05) is 62.9 Å². The third-order valence-electron chi connectivity index (χ3n) is 7.60. The number of imide groups is 1. The Bertz CT molecular complexity index is 1700. The van der Waals surface area contributed by atoms with E-state index in [0.29, 0.717) is 11.1 Å². The normalized spacial score (nSPS) is 16.1. The fourth-order valence-corrected chi connectivity index (χ4v) is 9.16. The molecule has 3 heterocycles. The molecule has 1 aromatic heterocycles. The summed E-state index contributed by atoms with van der Waals surface area (Å²) in [4.78, 5) is 46.3. The Labute approximate surface area is 239 Å². The van der Waals surface area contributed by atoms with Crippen molar-refractivity contribution < 1.29 is 14.4 Å². The van der Waals surface area contributed by atoms with Crippen LogP contribution in [0.5, 0.6) is 0 Å². The molecule has 0 N–H and O–H groups in total. The van der Waals surface area contributed by atoms with Crippen molar-refractivity contribution in [2.75, 3.05) is 4.90 Å². The molecule has 0 aliphatic carbocycles. The maximum atomic E-state index is 14.9. The van der Waals surface area contributed by atoms with Crippen molar-refractivity contribution in [3.05, 3.63) is 103 Å². The lowest BCUT2D eigenvalue weighted by Crippen LogP contribution is -2.58. The van der Waals surface area contributed by atoms with Crippen LogP contribution >= 0.6 is 32.9 Å². The van der Waals surface area contributed by atoms with E-state index in [2.05, 4.69) is 12.1 Å². The zero-order valence-corrected chi connectivity index (χ0v) is 24.4. The highest BCUT2D eigenvalue weighted by Crippen LogP contribution is 2.53. The standard InChI is InChI=1S/C31H26N2O3S3/c1-17-14-18(2)25-22(15-17)24-26(38-39-30(24)37)31(3,4)33(25)29(36)23(16-19-10-6-5-7-11-19)32-27(34)20-12-8-9-13-21(20)28(32)35/h5-15,23H,16H2,1-4H3. The summed E-state index contributed by atoms with van der Waals surface area (Å²) in [5.74, 6) is -1.17. The number of hydrogen-bond acceptors (Lipinski definition) is 6. The Balaban J connectivity index is 1.55. The number of aryl methyl sites for hydroxylation is 2. The number of carbonyl (C=O) groups is 3. The molecule has 8 heteroatoms. The van der Waals surface area contributed by atoms with Crippen LogP contribution in [0.1, 0.15) is 56.1 Å². The summed E-state index contributed by atoms with van der Waals surface area (Å²) in [6.07, 6.45) is 0.212. The molecule has 0 bridgehead atoms. The molecule has 2 aliphatic heterocycles. The summed E-state index contributed by atoms with van der Waals surface area (Å²) < 4.78 is 0.808. The number of anilines is 1. The second-order valence-electron chi connectivity index (χ2n) is 10.6. The Hall–Kier alpha value is -3.46. The SMILES string of the molecule is Cc1cc(C)c2c(c1)-c1c(ssc1=S)C(C)(C)N2C(=O)C(Cc1ccccc1)N1C(=O)c2ccccc2C1=O. The summed E-state index contributed by atoms with van der Waals surface area (Å²) in [6.45, 7) is 8.08. The predicted octanol–water partition coefficient (Wildman–Crippen LogP) is 7.31. The summed E-state index contributed by atoms with van der Waals surface area (Å²) in [5, 5.41) is 0. The van der Waals surface area contributed by atoms with Gasteiger partial charge >= 0.3 is 0 Å². The molecule has 0 saturated heterocycles. The molecule has 0 spiro atoms. The van der Waals surface area contributed by atoms with Crippen molar-refractivity contribution >= 4 is 56.3 Å². The van der Waals surface area contributed by atoms with Gasteiger partial charge in [-0.3, -0.25) is 24.2 Å². The van der Waals surface area contributed by atoms with Gasteiger partial charge in [0.25, 0.3) is 17.7 Å². The summed E-state index contributed by atoms with van der Waals surface area (Å²) in [6, 6.07) is 19.4. The van der Waals surface area contributed by atoms with Gasteiger partial charge in [0.15, 0.2) is 0 Å². The van der Waals surface area contributed by atoms with Gasteiger partial charge in [-0.05, 0) is 57.0 Å². The lowest BCUT2D eigenvalue weighted by Gasteiger charge is -2.46. The molecule has 6 rings (SSSR count). The van der Waals surface area contributed by atoms with E-state index >= 15 is 0 Å². The van der Waals surface area contributed by atoms with E-state index in [1.54, 1.807) is 44.9 Å². The van der Waals surface area contributed by atoms with Crippen LogP contribution in [0.25, 0.3) is 11.1 Å². The molecule has 0 fully saturated rings. The number of fused-ring (bicyclic) bond motifs is 4. The number of amides is 3. The average molecular weight is 571 g/mol. The topological polar surface area (TPSA) is 57.7 Å². The zero-order valence-electron chi connectivity index (χ0n) is 22.0. The first kappa shape index (κ1) is 25.8. The maximum Gasteiger partial charge on any atom is 0.262 e. The molecule has 5 nitrogen and oxygen atoms in total. The minimum absolute atomic E-state index is 0.212. The molecule has 4 aromatic rings. The lowest BCUT2D eigenvalue weighted by molar-refractivity contribution is -0.123. The van der Waals surface area contributed by atoms with Crippen LogP contribution in [0.2, 0.25) is 0 Å². The average Bonchev–Trinajstić information content (AvgIpc) is 3.42. The predicted molar refractivity (Wildman–Crippen MR) is 159 cm³/mol. The fourth-order valence-electron chi connectivity index (χ4n) is 5.88. The summed E-state index contributed by atoms with van der Waals surface area (Å²) >= 11 is 5.77. The van der Waals surface area contributed by atoms with Gasteiger partial charge in [0.1, 0.15) is 9.87 Å². The van der Waals surface area contributed by atoms with Gasteiger partial charge in [0, 0.05) is 17.5 Å². The number of benzene rings is 3. The van der Waals surface area contributed by atoms with Crippen molar-refractivity contribution in [3.63, 3.8) is 0 Å². The first-order valence-corrected chi connectivity index (χ1v) is 15.3. The minimum Gasteiger partial charge on any atom is -0.299 e. The fraction of sp³-hybridized carbons (Fsp3) is 0.226. The number of nitrogens with zero attached hydrogens (tertiary/aromatic N) is 2. The van der Waals surface area contributed by atoms with E-state index in [9.17, 15) is 14.4 Å². The van der Waals surface area contributed by atoms with Crippen LogP contribution in [0, 0.1) is 17.7 Å². The molecule has 2 aliphatic rings. The van der Waals surface area contributed by atoms with E-state index < -0.39 is 23.4 Å². The molecule has 196 valence electrons. The van der Waals surface area contributed by atoms with Crippen LogP contribution in [-0.4, -0.2) is 28.7 Å². The third kappa shape index (κ3) is 3.92. The van der Waals surface area contributed by atoms with Crippen LogP contribution < -0.4 is 4.90 Å². The second-order valence-corrected chi connectivity index (χ2v) is 13.4. The van der Waals surface area contributed by atoms with E-state index in [-0.39, 0.29) is 12.3 Å². The van der Waals surface area contributed by atoms with Crippen LogP contribution in [0.3, 0.4) is 0 Å². The van der Waals surface area contributed by atoms with Crippen molar-refractivity contribution in [2.24, 2.45) is 0 Å². The van der Waals surface area contributed by atoms with Crippen LogP contribution in [0.15, 0.2) is 66.7 Å². The summed E-state index contributed by atoms with van der Waals surface area (Å²) in [5.41, 5.74) is 5.54. The maximum absolute atomic E-state index is 14.9. The van der Waals surface area contributed by atoms with Gasteiger partial charge in [-0.1, -0.05) is 87.0 Å². The van der Waals surface area contributed by atoms with Crippen LogP contribution in [-0.2, 0) is 16.8 Å². The Morgan fingerprint density at radius 3 is 2.15 bits per heavy atom. The van der Waals surface area contributed by atoms with Crippen molar-refractivity contribution in [1.29, 1.82) is 0 Å². The number of carbonyl (C=O) groups excluding carboxylic acids is 3. The molecular formula is C31H26N2O3S3. The minimum atomic E-state index is -1.03. The largest absolute Gasteiger partial charge is 0.299 e. The van der Waals surface area contributed by atoms with E-state index in [0.717, 1.165) is 42.2 Å². The second kappa shape index (κ2) is 9.33. The Morgan fingerprint density at radius 2 is 1.51 bits per heavy atom. The molecule has 39 heavy (non-hydrogen) atoms. The van der Waals surface area contributed by atoms with E-state index in [4.69, 9.17) is 12.2 Å². The molecule has 3 amide bonds. The highest BCUT2D eigenvalue weighted by Gasteiger charge is 2.50. The Kier molecular flexibility index (Phi) is 6.17. The monoisotopic (exact) mass is 570 g/mol. The zero-order chi connectivity index (χ0) is 27.6. The van der Waals surface area contributed by atoms with Crippen molar-refractivity contribution in [2.45, 2.75) is 45.7 Å². The van der Waals surface area contributed by atoms with E-state index in [1.165, 1.54) is 4.90 Å². The summed E-state index contributed by atoms with van der Waals surface area (Å²) in [7, 11) is 3.13. The third-order valence-corrected chi connectivity index (χ3v) is 10.9. The number of rotatable bonds is 4. The molecule has 1 unspecified atom stereocenters. The lowest BCUT2D eigenvalue weighted by atomic mass is 9.84. The first-order valence-electron chi connectivity index (χ1n) is 12.7. The van der Waals surface area contributed by atoms with Gasteiger partial charge in [-0.15, -0.1) is 0 Å². The molecule has 0 saturated carbocycles. The molecular weight excluding hydrogens is 545 g/mol. The van der Waals surface area contributed by atoms with Crippen molar-refractivity contribution in [1.82, 2.24) is 4.90 Å². The van der Waals surface area contributed by atoms with Gasteiger partial charge in [0.05, 0.1) is 27.2 Å². The van der Waals surface area contributed by atoms with Crippen molar-refractivity contribution in [3.8, 4) is 11.1 Å². The number of hydrogen-bond donors (Lipinski definition) is 0.